The summed E-state index contributed by atoms with van der Waals surface area (Å²) >= 11 is 0. The number of hydrogen-bond donors (Lipinski definition) is 1. The normalized spacial score (nSPS) is 14.6. The minimum absolute atomic E-state index is 0.225. The predicted molar refractivity (Wildman–Crippen MR) is 124 cm³/mol. The maximum Gasteiger partial charge on any atom is 0.257 e. The van der Waals surface area contributed by atoms with Crippen LogP contribution in [-0.4, -0.2) is 68.5 Å². The van der Waals surface area contributed by atoms with Crippen LogP contribution >= 0.6 is 0 Å². The zero-order valence-corrected chi connectivity index (χ0v) is 18.1. The van der Waals surface area contributed by atoms with Gasteiger partial charge in [-0.2, -0.15) is 0 Å². The number of anilines is 2. The van der Waals surface area contributed by atoms with Gasteiger partial charge in [0, 0.05) is 62.6 Å². The van der Waals surface area contributed by atoms with Gasteiger partial charge in [-0.15, -0.1) is 0 Å². The summed E-state index contributed by atoms with van der Waals surface area (Å²) in [5, 5.41) is 3.79. The van der Waals surface area contributed by atoms with Crippen molar-refractivity contribution in [3.05, 3.63) is 60.8 Å². The van der Waals surface area contributed by atoms with E-state index >= 15 is 0 Å². The number of hydrogen-bond acceptors (Lipinski definition) is 7. The Balaban J connectivity index is 1.36. The fourth-order valence-electron chi connectivity index (χ4n) is 3.79. The van der Waals surface area contributed by atoms with Crippen molar-refractivity contribution in [3.63, 3.8) is 0 Å². The largest absolute Gasteiger partial charge is 0.354 e. The molecule has 1 aliphatic rings. The van der Waals surface area contributed by atoms with E-state index in [2.05, 4.69) is 37.1 Å². The van der Waals surface area contributed by atoms with Gasteiger partial charge in [0.25, 0.3) is 5.91 Å². The van der Waals surface area contributed by atoms with E-state index in [9.17, 15) is 4.79 Å². The number of nitrogens with one attached hydrogen (secondary N) is 1. The van der Waals surface area contributed by atoms with Crippen LogP contribution in [0.25, 0.3) is 22.3 Å². The molecule has 9 nitrogen and oxygen atoms in total. The lowest BCUT2D eigenvalue weighted by molar-refractivity contribution is 0.102. The monoisotopic (exact) mass is 428 g/mol. The van der Waals surface area contributed by atoms with Crippen molar-refractivity contribution in [1.29, 1.82) is 0 Å². The summed E-state index contributed by atoms with van der Waals surface area (Å²) < 4.78 is 1.92. The number of rotatable bonds is 4. The summed E-state index contributed by atoms with van der Waals surface area (Å²) in [7, 11) is 4.04. The Morgan fingerprint density at radius 3 is 2.62 bits per heavy atom. The van der Waals surface area contributed by atoms with Gasteiger partial charge in [0.1, 0.15) is 11.6 Å². The number of carbonyl (C=O) groups is 1. The molecule has 0 saturated carbocycles. The highest BCUT2D eigenvalue weighted by Gasteiger charge is 2.17. The highest BCUT2D eigenvalue weighted by Crippen LogP contribution is 2.22. The molecule has 9 heteroatoms. The maximum absolute atomic E-state index is 12.9. The number of carbonyl (C=O) groups excluding carboxylic acids is 1. The van der Waals surface area contributed by atoms with Gasteiger partial charge in [-0.05, 0) is 31.3 Å². The summed E-state index contributed by atoms with van der Waals surface area (Å²) in [6, 6.07) is 9.25. The van der Waals surface area contributed by atoms with Gasteiger partial charge < -0.3 is 19.7 Å². The standard InChI is InChI=1S/C23H24N8O/c1-29-7-9-31(10-8-29)22-11-16(5-6-25-22)23(32)28-21-12-19-17(13-26-21)3-4-18(27-19)20-14-24-15-30(20)2/h3-6,11-15H,7-10H2,1-2H3,(H,26,28,32). The molecule has 1 N–H and O–H groups in total. The van der Waals surface area contributed by atoms with Gasteiger partial charge in [0.15, 0.2) is 0 Å². The van der Waals surface area contributed by atoms with Crippen LogP contribution in [0.2, 0.25) is 0 Å². The number of pyridine rings is 3. The summed E-state index contributed by atoms with van der Waals surface area (Å²) in [5.41, 5.74) is 3.03. The first-order valence-corrected chi connectivity index (χ1v) is 10.5. The Morgan fingerprint density at radius 2 is 1.84 bits per heavy atom. The second-order valence-corrected chi connectivity index (χ2v) is 8.00. The minimum atomic E-state index is -0.225. The van der Waals surface area contributed by atoms with Crippen molar-refractivity contribution in [2.75, 3.05) is 43.4 Å². The highest BCUT2D eigenvalue weighted by atomic mass is 16.1. The molecule has 0 aromatic carbocycles. The second-order valence-electron chi connectivity index (χ2n) is 8.00. The molecule has 0 spiro atoms. The van der Waals surface area contributed by atoms with E-state index in [0.717, 1.165) is 54.3 Å². The first kappa shape index (κ1) is 20.1. The van der Waals surface area contributed by atoms with E-state index < -0.39 is 0 Å². The molecule has 32 heavy (non-hydrogen) atoms. The summed E-state index contributed by atoms with van der Waals surface area (Å²) in [5.74, 6) is 1.05. The maximum atomic E-state index is 12.9. The molecule has 5 rings (SSSR count). The van der Waals surface area contributed by atoms with E-state index in [1.54, 1.807) is 37.1 Å². The number of fused-ring (bicyclic) bond motifs is 1. The summed E-state index contributed by atoms with van der Waals surface area (Å²) in [6.07, 6.45) is 6.91. The zero-order chi connectivity index (χ0) is 22.1. The van der Waals surface area contributed by atoms with Crippen LogP contribution in [0.15, 0.2) is 55.2 Å². The van der Waals surface area contributed by atoms with Crippen LogP contribution in [0.4, 0.5) is 11.6 Å². The Hall–Kier alpha value is -3.85. The van der Waals surface area contributed by atoms with Crippen LogP contribution < -0.4 is 10.2 Å². The molecule has 1 amide bonds. The first-order valence-electron chi connectivity index (χ1n) is 10.5. The van der Waals surface area contributed by atoms with E-state index in [0.29, 0.717) is 11.4 Å². The lowest BCUT2D eigenvalue weighted by Crippen LogP contribution is -2.44. The average molecular weight is 429 g/mol. The zero-order valence-electron chi connectivity index (χ0n) is 18.1. The molecule has 0 unspecified atom stereocenters. The number of amides is 1. The van der Waals surface area contributed by atoms with Crippen LogP contribution in [0.3, 0.4) is 0 Å². The number of imidazole rings is 1. The molecule has 1 fully saturated rings. The van der Waals surface area contributed by atoms with Crippen LogP contribution in [0, 0.1) is 0 Å². The van der Waals surface area contributed by atoms with Crippen molar-refractivity contribution in [1.82, 2.24) is 29.4 Å². The van der Waals surface area contributed by atoms with Gasteiger partial charge >= 0.3 is 0 Å². The van der Waals surface area contributed by atoms with Crippen molar-refractivity contribution in [3.8, 4) is 11.4 Å². The van der Waals surface area contributed by atoms with Gasteiger partial charge in [-0.1, -0.05) is 0 Å². The number of nitrogens with zero attached hydrogens (tertiary/aromatic N) is 7. The van der Waals surface area contributed by atoms with E-state index in [1.165, 1.54) is 0 Å². The first-order chi connectivity index (χ1) is 15.6. The molecular formula is C23H24N8O. The number of likely N-dealkylation sites (N-methyl/N-ethyl adjacent to an activating group) is 1. The third kappa shape index (κ3) is 4.02. The Kier molecular flexibility index (Phi) is 5.24. The smallest absolute Gasteiger partial charge is 0.257 e. The molecule has 0 radical (unpaired) electrons. The number of aromatic nitrogens is 5. The van der Waals surface area contributed by atoms with Crippen LogP contribution in [0.1, 0.15) is 10.4 Å². The van der Waals surface area contributed by atoms with Crippen molar-refractivity contribution < 1.29 is 4.79 Å². The summed E-state index contributed by atoms with van der Waals surface area (Å²) in [6.45, 7) is 3.75. The third-order valence-corrected chi connectivity index (χ3v) is 5.73. The molecule has 1 saturated heterocycles. The topological polar surface area (TPSA) is 92.1 Å². The van der Waals surface area contributed by atoms with E-state index in [1.807, 2.05) is 29.8 Å². The molecular weight excluding hydrogens is 404 g/mol. The molecule has 0 atom stereocenters. The lowest BCUT2D eigenvalue weighted by atomic mass is 10.2. The van der Waals surface area contributed by atoms with Gasteiger partial charge in [0.2, 0.25) is 0 Å². The molecule has 4 aromatic heterocycles. The fourth-order valence-corrected chi connectivity index (χ4v) is 3.79. The molecule has 162 valence electrons. The molecule has 0 aliphatic carbocycles. The van der Waals surface area contributed by atoms with Crippen LogP contribution in [0.5, 0.6) is 0 Å². The van der Waals surface area contributed by atoms with Crippen molar-refractivity contribution in [2.45, 2.75) is 0 Å². The Morgan fingerprint density at radius 1 is 1.00 bits per heavy atom. The highest BCUT2D eigenvalue weighted by molar-refractivity contribution is 6.04. The second kappa shape index (κ2) is 8.35. The molecule has 0 bridgehead atoms. The molecule has 4 aromatic rings. The number of piperazine rings is 1. The van der Waals surface area contributed by atoms with Gasteiger partial charge in [-0.3, -0.25) is 4.79 Å². The van der Waals surface area contributed by atoms with Crippen LogP contribution in [-0.2, 0) is 7.05 Å². The molecule has 5 heterocycles. The minimum Gasteiger partial charge on any atom is -0.354 e. The van der Waals surface area contributed by atoms with Crippen molar-refractivity contribution >= 4 is 28.4 Å². The Labute approximate surface area is 185 Å². The van der Waals surface area contributed by atoms with Gasteiger partial charge in [-0.25, -0.2) is 19.9 Å². The predicted octanol–water partition coefficient (Wildman–Crippen LogP) is 2.43. The number of aryl methyl sites for hydroxylation is 1. The van der Waals surface area contributed by atoms with Gasteiger partial charge in [0.05, 0.1) is 29.4 Å². The fraction of sp³-hybridized carbons (Fsp3) is 0.261. The summed E-state index contributed by atoms with van der Waals surface area (Å²) in [4.78, 5) is 35.1. The third-order valence-electron chi connectivity index (χ3n) is 5.73. The van der Waals surface area contributed by atoms with E-state index in [-0.39, 0.29) is 5.91 Å². The Bertz CT molecular complexity index is 1280. The SMILES string of the molecule is CN1CCN(c2cc(C(=O)Nc3cc4nc(-c5cncn5C)ccc4cn3)ccn2)CC1. The quantitative estimate of drug-likeness (QED) is 0.534. The average Bonchev–Trinajstić information content (AvgIpc) is 3.25. The molecule has 1 aliphatic heterocycles. The lowest BCUT2D eigenvalue weighted by Gasteiger charge is -2.33. The van der Waals surface area contributed by atoms with E-state index in [4.69, 9.17) is 4.98 Å². The van der Waals surface area contributed by atoms with Crippen molar-refractivity contribution in [2.24, 2.45) is 7.05 Å².